The topological polar surface area (TPSA) is 124 Å². The normalized spacial score (nSPS) is 15.4. The molecule has 0 radical (unpaired) electrons. The number of aromatic hydroxyl groups is 2. The van der Waals surface area contributed by atoms with Crippen molar-refractivity contribution in [3.05, 3.63) is 139 Å². The van der Waals surface area contributed by atoms with Gasteiger partial charge in [-0.05, 0) is 63.6 Å². The molecule has 2 heterocycles. The van der Waals surface area contributed by atoms with Gasteiger partial charge in [0.1, 0.15) is 35.3 Å². The summed E-state index contributed by atoms with van der Waals surface area (Å²) in [4.78, 5) is 19.9. The summed E-state index contributed by atoms with van der Waals surface area (Å²) in [6, 6.07) is 27.4. The number of para-hydroxylation sites is 4. The van der Waals surface area contributed by atoms with Crippen LogP contribution in [0, 0.1) is 6.92 Å². The maximum absolute atomic E-state index is 11.7. The highest BCUT2D eigenvalue weighted by atomic mass is 32.1. The minimum Gasteiger partial charge on any atom is -0.507 e. The Bertz CT molecular complexity index is 1940. The Labute approximate surface area is 283 Å². The second-order valence-electron chi connectivity index (χ2n) is 12.3. The summed E-state index contributed by atoms with van der Waals surface area (Å²) in [7, 11) is 0. The summed E-state index contributed by atoms with van der Waals surface area (Å²) in [6.45, 7) is 2.08. The molecule has 2 aliphatic rings. The molecule has 7 rings (SSSR count). The third kappa shape index (κ3) is 6.59. The number of primary amides is 1. The van der Waals surface area contributed by atoms with E-state index in [1.807, 2.05) is 72.8 Å². The molecule has 1 amide bonds. The molecule has 0 saturated carbocycles. The van der Waals surface area contributed by atoms with Crippen LogP contribution in [0.2, 0.25) is 0 Å². The third-order valence-corrected chi connectivity index (χ3v) is 9.87. The van der Waals surface area contributed by atoms with E-state index in [0.717, 1.165) is 55.1 Å². The van der Waals surface area contributed by atoms with Crippen LogP contribution in [0.4, 0.5) is 0 Å². The van der Waals surface area contributed by atoms with Gasteiger partial charge in [0.15, 0.2) is 12.7 Å². The Morgan fingerprint density at radius 1 is 0.750 bits per heavy atom. The van der Waals surface area contributed by atoms with Crippen molar-refractivity contribution in [1.82, 2.24) is 0 Å². The van der Waals surface area contributed by atoms with Crippen LogP contribution in [0.5, 0.6) is 23.0 Å². The van der Waals surface area contributed by atoms with Gasteiger partial charge in [0.2, 0.25) is 0 Å². The molecule has 4 aromatic carbocycles. The Balaban J connectivity index is 1.27. The molecular weight excluding hydrogens is 625 g/mol. The zero-order chi connectivity index (χ0) is 33.2. The Hall–Kier alpha value is -5.28. The average Bonchev–Trinajstić information content (AvgIpc) is 3.72. The van der Waals surface area contributed by atoms with E-state index >= 15 is 0 Å². The van der Waals surface area contributed by atoms with Crippen LogP contribution in [0.1, 0.15) is 60.7 Å². The van der Waals surface area contributed by atoms with Gasteiger partial charge in [-0.15, -0.1) is 11.3 Å². The molecule has 0 spiro atoms. The third-order valence-electron chi connectivity index (χ3n) is 8.82. The number of carbonyl (C=O) groups is 1. The highest BCUT2D eigenvalue weighted by Gasteiger charge is 2.26. The first-order valence-corrected chi connectivity index (χ1v) is 16.8. The number of nitrogens with zero attached hydrogens (tertiary/aromatic N) is 1. The fourth-order valence-corrected chi connectivity index (χ4v) is 7.31. The maximum Gasteiger partial charge on any atom is 0.255 e. The quantitative estimate of drug-likeness (QED) is 0.178. The number of fused-ring (bicyclic) bond motifs is 8. The number of rotatable bonds is 7. The fourth-order valence-electron chi connectivity index (χ4n) is 6.46. The summed E-state index contributed by atoms with van der Waals surface area (Å²) < 4.78 is 12.6. The van der Waals surface area contributed by atoms with Crippen molar-refractivity contribution in [3.8, 4) is 23.0 Å². The zero-order valence-electron chi connectivity index (χ0n) is 26.6. The first-order chi connectivity index (χ1) is 23.3. The van der Waals surface area contributed by atoms with E-state index < -0.39 is 5.91 Å². The van der Waals surface area contributed by atoms with Crippen LogP contribution in [0.25, 0.3) is 0 Å². The second kappa shape index (κ2) is 13.4. The molecule has 1 aromatic heterocycles. The van der Waals surface area contributed by atoms with E-state index in [1.54, 1.807) is 11.3 Å². The first-order valence-electron chi connectivity index (χ1n) is 16.0. The van der Waals surface area contributed by atoms with Crippen molar-refractivity contribution in [3.63, 3.8) is 0 Å². The number of ether oxygens (including phenoxy) is 2. The van der Waals surface area contributed by atoms with Gasteiger partial charge in [-0.3, -0.25) is 4.79 Å². The molecule has 1 unspecified atom stereocenters. The standard InChI is InChI=1S/C39H36N2O6S/c1-23-14-15-34(48-23)33-20-32(47-41-33)21-45-38-28-10-4-11-29(38)17-25-7-3-9-27(37(25)44)19-31-13-5-12-30(39(31)46-22-35(40)42)18-26-8-2-6-24(16-28)36(26)43/h2-15,32,43-44H,16-22H2,1H3,(H2,40,42). The summed E-state index contributed by atoms with van der Waals surface area (Å²) in [6.07, 6.45) is 1.97. The number of thiophene rings is 1. The van der Waals surface area contributed by atoms with Crippen LogP contribution in [0.3, 0.4) is 0 Å². The van der Waals surface area contributed by atoms with Crippen LogP contribution < -0.4 is 15.2 Å². The molecule has 8 nitrogen and oxygen atoms in total. The lowest BCUT2D eigenvalue weighted by Crippen LogP contribution is -2.21. The average molecular weight is 661 g/mol. The van der Waals surface area contributed by atoms with E-state index in [1.165, 1.54) is 4.88 Å². The smallest absolute Gasteiger partial charge is 0.255 e. The lowest BCUT2D eigenvalue weighted by Gasteiger charge is -2.21. The lowest BCUT2D eigenvalue weighted by atomic mass is 9.91. The van der Waals surface area contributed by atoms with Crippen molar-refractivity contribution in [2.45, 2.75) is 45.1 Å². The summed E-state index contributed by atoms with van der Waals surface area (Å²) in [5.74, 6) is 1.03. The summed E-state index contributed by atoms with van der Waals surface area (Å²) >= 11 is 1.70. The number of carbonyl (C=O) groups excluding carboxylic acids is 1. The zero-order valence-corrected chi connectivity index (χ0v) is 27.4. The van der Waals surface area contributed by atoms with Gasteiger partial charge in [0, 0.05) is 37.0 Å². The molecule has 4 N–H and O–H groups in total. The Kier molecular flexibility index (Phi) is 8.78. The predicted molar refractivity (Wildman–Crippen MR) is 186 cm³/mol. The molecule has 1 atom stereocenters. The number of amides is 1. The maximum atomic E-state index is 11.7. The fraction of sp³-hybridized carbons (Fsp3) is 0.231. The SMILES string of the molecule is Cc1ccc(C2=NOC(COc3c4cccc3Cc3cccc(c3O)Cc3cccc(c3OCC(N)=O)Cc3cccc(c3O)C4)C2)s1. The number of nitrogens with two attached hydrogens (primary N) is 1. The molecule has 1 aliphatic heterocycles. The predicted octanol–water partition coefficient (Wildman–Crippen LogP) is 6.58. The van der Waals surface area contributed by atoms with E-state index in [0.29, 0.717) is 50.2 Å². The molecule has 0 fully saturated rings. The van der Waals surface area contributed by atoms with Gasteiger partial charge < -0.3 is 30.3 Å². The van der Waals surface area contributed by atoms with Crippen molar-refractivity contribution in [1.29, 1.82) is 0 Å². The summed E-state index contributed by atoms with van der Waals surface area (Å²) in [5, 5.41) is 27.5. The lowest BCUT2D eigenvalue weighted by molar-refractivity contribution is -0.119. The number of benzene rings is 4. The first kappa shape index (κ1) is 31.3. The Morgan fingerprint density at radius 3 is 1.65 bits per heavy atom. The second-order valence-corrected chi connectivity index (χ2v) is 13.6. The van der Waals surface area contributed by atoms with Gasteiger partial charge in [0.05, 0.1) is 4.88 Å². The van der Waals surface area contributed by atoms with Crippen LogP contribution in [-0.4, -0.2) is 41.1 Å². The van der Waals surface area contributed by atoms with Crippen molar-refractivity contribution < 1.29 is 29.3 Å². The van der Waals surface area contributed by atoms with Crippen molar-refractivity contribution >= 4 is 23.0 Å². The largest absolute Gasteiger partial charge is 0.507 e. The molecule has 48 heavy (non-hydrogen) atoms. The highest BCUT2D eigenvalue weighted by molar-refractivity contribution is 7.14. The van der Waals surface area contributed by atoms with Gasteiger partial charge in [-0.2, -0.15) is 0 Å². The van der Waals surface area contributed by atoms with Gasteiger partial charge in [0.25, 0.3) is 5.91 Å². The van der Waals surface area contributed by atoms with Gasteiger partial charge in [-0.1, -0.05) is 78.0 Å². The molecule has 0 saturated heterocycles. The van der Waals surface area contributed by atoms with E-state index in [2.05, 4.69) is 24.2 Å². The number of hydrogen-bond acceptors (Lipinski definition) is 8. The molecule has 9 heteroatoms. The minimum atomic E-state index is -0.586. The van der Waals surface area contributed by atoms with Gasteiger partial charge >= 0.3 is 0 Å². The molecule has 244 valence electrons. The Morgan fingerprint density at radius 2 is 1.21 bits per heavy atom. The number of hydrogen-bond donors (Lipinski definition) is 3. The van der Waals surface area contributed by atoms with Crippen molar-refractivity contribution in [2.75, 3.05) is 13.2 Å². The minimum absolute atomic E-state index is 0.193. The summed E-state index contributed by atoms with van der Waals surface area (Å²) in [5.41, 5.74) is 12.7. The van der Waals surface area contributed by atoms with E-state index in [9.17, 15) is 15.0 Å². The molecule has 5 aromatic rings. The van der Waals surface area contributed by atoms with E-state index in [-0.39, 0.29) is 24.2 Å². The van der Waals surface area contributed by atoms with Gasteiger partial charge in [-0.25, -0.2) is 0 Å². The number of phenols is 2. The number of oxime groups is 1. The van der Waals surface area contributed by atoms with Crippen LogP contribution >= 0.6 is 11.3 Å². The number of aryl methyl sites for hydroxylation is 1. The molecule has 1 aliphatic carbocycles. The molecular formula is C39H36N2O6S. The van der Waals surface area contributed by atoms with Crippen LogP contribution in [-0.2, 0) is 35.3 Å². The highest BCUT2D eigenvalue weighted by Crippen LogP contribution is 2.38. The van der Waals surface area contributed by atoms with Crippen LogP contribution in [0.15, 0.2) is 90.1 Å². The number of phenolic OH excluding ortho intramolecular Hbond substituents is 2. The molecule has 8 bridgehead atoms. The van der Waals surface area contributed by atoms with Crippen molar-refractivity contribution in [2.24, 2.45) is 10.9 Å². The van der Waals surface area contributed by atoms with E-state index in [4.69, 9.17) is 20.0 Å². The monoisotopic (exact) mass is 660 g/mol.